The predicted molar refractivity (Wildman–Crippen MR) is 107 cm³/mol. The topological polar surface area (TPSA) is 83.0 Å². The van der Waals surface area contributed by atoms with Gasteiger partial charge in [-0.2, -0.15) is 0 Å². The first-order valence-electron chi connectivity index (χ1n) is 9.36. The summed E-state index contributed by atoms with van der Waals surface area (Å²) in [5.74, 6) is -0.165. The Morgan fingerprint density at radius 3 is 2.39 bits per heavy atom. The number of pyridine rings is 1. The summed E-state index contributed by atoms with van der Waals surface area (Å²) in [6.45, 7) is 9.02. The van der Waals surface area contributed by atoms with Crippen LogP contribution in [0.25, 0.3) is 0 Å². The molecular formula is C20H32N4O4. The van der Waals surface area contributed by atoms with Crippen LogP contribution in [0.5, 0.6) is 0 Å². The highest BCUT2D eigenvalue weighted by Gasteiger charge is 2.26. The van der Waals surface area contributed by atoms with Crippen LogP contribution in [0.4, 0.5) is 4.79 Å². The minimum Gasteiger partial charge on any atom is -0.444 e. The molecule has 8 heteroatoms. The normalized spacial score (nSPS) is 11.2. The molecule has 0 N–H and O–H groups in total. The number of carbonyl (C=O) groups excluding carboxylic acids is 3. The average Bonchev–Trinajstić information content (AvgIpc) is 2.60. The molecule has 156 valence electrons. The molecule has 0 aromatic carbocycles. The average molecular weight is 393 g/mol. The second-order valence-corrected chi connectivity index (χ2v) is 7.81. The van der Waals surface area contributed by atoms with Crippen LogP contribution in [0.1, 0.15) is 43.7 Å². The van der Waals surface area contributed by atoms with Crippen molar-refractivity contribution >= 4 is 18.3 Å². The highest BCUT2D eigenvalue weighted by molar-refractivity contribution is 5.82. The largest absolute Gasteiger partial charge is 0.444 e. The van der Waals surface area contributed by atoms with E-state index in [1.165, 1.54) is 11.1 Å². The maximum atomic E-state index is 12.8. The van der Waals surface area contributed by atoms with E-state index in [1.807, 2.05) is 25.9 Å². The molecule has 0 saturated carbocycles. The predicted octanol–water partition coefficient (Wildman–Crippen LogP) is 2.04. The van der Waals surface area contributed by atoms with E-state index >= 15 is 0 Å². The molecule has 0 unspecified atom stereocenters. The second-order valence-electron chi connectivity index (χ2n) is 7.81. The smallest absolute Gasteiger partial charge is 0.411 e. The lowest BCUT2D eigenvalue weighted by Gasteiger charge is -2.29. The van der Waals surface area contributed by atoms with Crippen molar-refractivity contribution in [1.29, 1.82) is 0 Å². The third-order valence-corrected chi connectivity index (χ3v) is 3.86. The first-order chi connectivity index (χ1) is 13.1. The van der Waals surface area contributed by atoms with E-state index in [1.54, 1.807) is 37.8 Å². The Balaban J connectivity index is 2.97. The van der Waals surface area contributed by atoms with E-state index in [-0.39, 0.29) is 19.0 Å². The summed E-state index contributed by atoms with van der Waals surface area (Å²) in [5, 5.41) is 0. The molecule has 0 saturated heterocycles. The standard InChI is InChI=1S/C20H32N4O4/c1-7-23(11-10-22(5)6)18(26)14-24(19(27)28-20(2,3)4)13-17-12-16(15-25)8-9-21-17/h8-9,12,15H,7,10-11,13-14H2,1-6H3. The van der Waals surface area contributed by atoms with E-state index in [2.05, 4.69) is 4.98 Å². The molecule has 0 aliphatic carbocycles. The van der Waals surface area contributed by atoms with Gasteiger partial charge in [0.15, 0.2) is 0 Å². The first-order valence-corrected chi connectivity index (χ1v) is 9.36. The molecule has 1 rings (SSSR count). The van der Waals surface area contributed by atoms with E-state index in [0.29, 0.717) is 30.6 Å². The number of amides is 2. The van der Waals surface area contributed by atoms with Crippen LogP contribution in [0.3, 0.4) is 0 Å². The van der Waals surface area contributed by atoms with Crippen LogP contribution in [-0.2, 0) is 16.1 Å². The van der Waals surface area contributed by atoms with Crippen LogP contribution in [0.2, 0.25) is 0 Å². The zero-order valence-corrected chi connectivity index (χ0v) is 17.8. The lowest BCUT2D eigenvalue weighted by Crippen LogP contribution is -2.46. The van der Waals surface area contributed by atoms with E-state index in [0.717, 1.165) is 6.54 Å². The Bertz CT molecular complexity index is 670. The number of likely N-dealkylation sites (N-methyl/N-ethyl adjacent to an activating group) is 2. The molecule has 1 heterocycles. The minimum atomic E-state index is -0.689. The number of hydrogen-bond acceptors (Lipinski definition) is 6. The summed E-state index contributed by atoms with van der Waals surface area (Å²) < 4.78 is 5.45. The summed E-state index contributed by atoms with van der Waals surface area (Å²) in [5.41, 5.74) is 0.285. The van der Waals surface area contributed by atoms with Gasteiger partial charge in [-0.3, -0.25) is 19.5 Å². The van der Waals surface area contributed by atoms with Gasteiger partial charge in [0.1, 0.15) is 18.4 Å². The fourth-order valence-electron chi connectivity index (χ4n) is 2.41. The Morgan fingerprint density at radius 1 is 1.18 bits per heavy atom. The monoisotopic (exact) mass is 392 g/mol. The number of ether oxygens (including phenoxy) is 1. The molecule has 0 fully saturated rings. The van der Waals surface area contributed by atoms with Crippen LogP contribution >= 0.6 is 0 Å². The molecule has 0 radical (unpaired) electrons. The SMILES string of the molecule is CCN(CCN(C)C)C(=O)CN(Cc1cc(C=O)ccn1)C(=O)OC(C)(C)C. The number of aldehydes is 1. The fraction of sp³-hybridized carbons (Fsp3) is 0.600. The van der Waals surface area contributed by atoms with Crippen molar-refractivity contribution < 1.29 is 19.1 Å². The lowest BCUT2D eigenvalue weighted by molar-refractivity contribution is -0.132. The van der Waals surface area contributed by atoms with Crippen LogP contribution in [0, 0.1) is 0 Å². The maximum absolute atomic E-state index is 12.8. The molecule has 0 bridgehead atoms. The molecule has 1 aromatic heterocycles. The zero-order valence-electron chi connectivity index (χ0n) is 17.8. The van der Waals surface area contributed by atoms with E-state index in [4.69, 9.17) is 4.74 Å². The highest BCUT2D eigenvalue weighted by Crippen LogP contribution is 2.13. The van der Waals surface area contributed by atoms with Crippen molar-refractivity contribution in [2.75, 3.05) is 40.3 Å². The number of hydrogen-bond donors (Lipinski definition) is 0. The van der Waals surface area contributed by atoms with Crippen molar-refractivity contribution in [3.63, 3.8) is 0 Å². The van der Waals surface area contributed by atoms with Gasteiger partial charge in [0.25, 0.3) is 0 Å². The third-order valence-electron chi connectivity index (χ3n) is 3.86. The Labute approximate surface area is 167 Å². The molecular weight excluding hydrogens is 360 g/mol. The van der Waals surface area contributed by atoms with Gasteiger partial charge in [0, 0.05) is 31.4 Å². The van der Waals surface area contributed by atoms with Crippen LogP contribution in [0.15, 0.2) is 18.3 Å². The fourth-order valence-corrected chi connectivity index (χ4v) is 2.41. The van der Waals surface area contributed by atoms with Gasteiger partial charge in [-0.25, -0.2) is 4.79 Å². The molecule has 28 heavy (non-hydrogen) atoms. The summed E-state index contributed by atoms with van der Waals surface area (Å²) >= 11 is 0. The third kappa shape index (κ3) is 8.47. The minimum absolute atomic E-state index is 0.0770. The van der Waals surface area contributed by atoms with Gasteiger partial charge in [-0.15, -0.1) is 0 Å². The van der Waals surface area contributed by atoms with Crippen LogP contribution in [-0.4, -0.2) is 83.8 Å². The van der Waals surface area contributed by atoms with Crippen molar-refractivity contribution in [2.24, 2.45) is 0 Å². The summed E-state index contributed by atoms with van der Waals surface area (Å²) in [7, 11) is 3.88. The van der Waals surface area contributed by atoms with Crippen molar-refractivity contribution in [1.82, 2.24) is 19.7 Å². The first kappa shape index (κ1) is 23.6. The molecule has 0 aliphatic rings. The molecule has 0 spiro atoms. The van der Waals surface area contributed by atoms with E-state index in [9.17, 15) is 14.4 Å². The highest BCUT2D eigenvalue weighted by atomic mass is 16.6. The second kappa shape index (κ2) is 10.8. The Kier molecular flexibility index (Phi) is 9.05. The molecule has 0 atom stereocenters. The number of rotatable bonds is 9. The van der Waals surface area contributed by atoms with E-state index < -0.39 is 11.7 Å². The van der Waals surface area contributed by atoms with Gasteiger partial charge in [-0.1, -0.05) is 0 Å². The summed E-state index contributed by atoms with van der Waals surface area (Å²) in [6.07, 6.45) is 1.63. The molecule has 0 aliphatic heterocycles. The van der Waals surface area contributed by atoms with Gasteiger partial charge in [0.05, 0.1) is 12.2 Å². The van der Waals surface area contributed by atoms with Gasteiger partial charge < -0.3 is 14.5 Å². The molecule has 8 nitrogen and oxygen atoms in total. The van der Waals surface area contributed by atoms with Gasteiger partial charge in [0.2, 0.25) is 5.91 Å². The Hall–Kier alpha value is -2.48. The van der Waals surface area contributed by atoms with Gasteiger partial charge in [-0.05, 0) is 53.9 Å². The van der Waals surface area contributed by atoms with Gasteiger partial charge >= 0.3 is 6.09 Å². The summed E-state index contributed by atoms with van der Waals surface area (Å²) in [6, 6.07) is 3.18. The molecule has 2 amide bonds. The molecule has 1 aromatic rings. The van der Waals surface area contributed by atoms with Crippen molar-refractivity contribution in [3.8, 4) is 0 Å². The number of nitrogens with zero attached hydrogens (tertiary/aromatic N) is 4. The lowest BCUT2D eigenvalue weighted by atomic mass is 10.2. The maximum Gasteiger partial charge on any atom is 0.411 e. The zero-order chi connectivity index (χ0) is 21.3. The van der Waals surface area contributed by atoms with Crippen LogP contribution < -0.4 is 0 Å². The quantitative estimate of drug-likeness (QED) is 0.598. The van der Waals surface area contributed by atoms with Crippen molar-refractivity contribution in [3.05, 3.63) is 29.6 Å². The number of carbonyl (C=O) groups is 3. The summed E-state index contributed by atoms with van der Waals surface area (Å²) in [4.78, 5) is 45.6. The van der Waals surface area contributed by atoms with Crippen molar-refractivity contribution in [2.45, 2.75) is 39.8 Å². The Morgan fingerprint density at radius 2 is 1.86 bits per heavy atom. The number of aromatic nitrogens is 1.